The maximum absolute atomic E-state index is 2.27. The molecule has 76 valence electrons. The molecule has 2 aromatic carbocycles. The average Bonchev–Trinajstić information content (AvgIpc) is 2.39. The van der Waals surface area contributed by atoms with E-state index in [-0.39, 0.29) is 0 Å². The van der Waals surface area contributed by atoms with Crippen molar-refractivity contribution in [1.82, 2.24) is 0 Å². The first-order valence-electron chi connectivity index (χ1n) is 5.34. The molecule has 16 heavy (non-hydrogen) atoms. The van der Waals surface area contributed by atoms with Crippen molar-refractivity contribution in [2.45, 2.75) is 0 Å². The molecule has 0 bridgehead atoms. The summed E-state index contributed by atoms with van der Waals surface area (Å²) in [4.78, 5) is 0. The highest BCUT2D eigenvalue weighted by atomic mass is 31.0. The second-order valence-electron chi connectivity index (χ2n) is 3.78. The van der Waals surface area contributed by atoms with Gasteiger partial charge in [0.2, 0.25) is 0 Å². The summed E-state index contributed by atoms with van der Waals surface area (Å²) in [6, 6.07) is 21.5. The summed E-state index contributed by atoms with van der Waals surface area (Å²) in [5.74, 6) is 2.17. The van der Waals surface area contributed by atoms with E-state index in [4.69, 9.17) is 0 Å². The highest BCUT2D eigenvalue weighted by Crippen LogP contribution is 2.29. The molecule has 3 rings (SSSR count). The van der Waals surface area contributed by atoms with Gasteiger partial charge in [0.15, 0.2) is 0 Å². The Kier molecular flexibility index (Phi) is 2.44. The third-order valence-corrected chi connectivity index (χ3v) is 3.72. The third-order valence-electron chi connectivity index (χ3n) is 2.71. The average molecular weight is 222 g/mol. The van der Waals surface area contributed by atoms with Gasteiger partial charge in [-0.15, -0.1) is 0 Å². The van der Waals surface area contributed by atoms with Crippen LogP contribution >= 0.6 is 8.19 Å². The van der Waals surface area contributed by atoms with Crippen LogP contribution in [0.15, 0.2) is 66.5 Å². The lowest BCUT2D eigenvalue weighted by Gasteiger charge is -2.03. The van der Waals surface area contributed by atoms with Crippen molar-refractivity contribution in [3.8, 4) is 10.9 Å². The van der Waals surface area contributed by atoms with Crippen LogP contribution in [0.4, 0.5) is 0 Å². The summed E-state index contributed by atoms with van der Waals surface area (Å²) < 4.78 is 0. The van der Waals surface area contributed by atoms with Crippen LogP contribution in [0.2, 0.25) is 0 Å². The smallest absolute Gasteiger partial charge is 0.00904 e. The van der Waals surface area contributed by atoms with E-state index in [0.29, 0.717) is 0 Å². The molecule has 0 N–H and O–H groups in total. The Balaban J connectivity index is 2.19. The Bertz CT molecular complexity index is 614. The molecule has 0 aliphatic rings. The van der Waals surface area contributed by atoms with Gasteiger partial charge >= 0.3 is 0 Å². The van der Waals surface area contributed by atoms with E-state index in [1.165, 1.54) is 29.8 Å². The molecule has 3 aromatic rings. The Hall–Kier alpha value is -1.65. The van der Waals surface area contributed by atoms with Gasteiger partial charge in [-0.2, -0.15) is 0 Å². The monoisotopic (exact) mass is 222 g/mol. The Morgan fingerprint density at radius 2 is 1.50 bits per heavy atom. The van der Waals surface area contributed by atoms with Crippen molar-refractivity contribution in [1.29, 1.82) is 0 Å². The van der Waals surface area contributed by atoms with Crippen molar-refractivity contribution in [3.05, 3.63) is 66.5 Å². The van der Waals surface area contributed by atoms with Gasteiger partial charge in [-0.3, -0.25) is 0 Å². The topological polar surface area (TPSA) is 0 Å². The van der Waals surface area contributed by atoms with E-state index >= 15 is 0 Å². The predicted molar refractivity (Wildman–Crippen MR) is 71.9 cm³/mol. The van der Waals surface area contributed by atoms with E-state index < -0.39 is 0 Å². The zero-order valence-electron chi connectivity index (χ0n) is 8.80. The molecule has 1 heterocycles. The summed E-state index contributed by atoms with van der Waals surface area (Å²) in [6.07, 6.45) is 0. The predicted octanol–water partition coefficient (Wildman–Crippen LogP) is 5.09. The van der Waals surface area contributed by atoms with E-state index in [1.807, 2.05) is 0 Å². The number of fused-ring (bicyclic) bond motifs is 1. The molecule has 0 aliphatic carbocycles. The molecule has 0 saturated heterocycles. The van der Waals surface area contributed by atoms with Gasteiger partial charge in [-0.05, 0) is 34.3 Å². The maximum atomic E-state index is 2.27. The minimum Gasteiger partial charge on any atom is -0.0678 e. The largest absolute Gasteiger partial charge is 0.0678 e. The van der Waals surface area contributed by atoms with E-state index in [2.05, 4.69) is 66.5 Å². The van der Waals surface area contributed by atoms with Crippen LogP contribution in [-0.2, 0) is 0 Å². The minimum absolute atomic E-state index is 1.28. The fourth-order valence-corrected chi connectivity index (χ4v) is 2.69. The molecule has 0 radical (unpaired) electrons. The molecule has 0 nitrogen and oxygen atoms in total. The van der Waals surface area contributed by atoms with Crippen LogP contribution in [0.3, 0.4) is 0 Å². The molecule has 0 saturated carbocycles. The highest BCUT2D eigenvalue weighted by Gasteiger charge is 1.98. The van der Waals surface area contributed by atoms with E-state index in [9.17, 15) is 0 Å². The molecule has 1 aromatic heterocycles. The summed E-state index contributed by atoms with van der Waals surface area (Å²) in [6.45, 7) is 0. The second kappa shape index (κ2) is 4.08. The third kappa shape index (κ3) is 1.73. The van der Waals surface area contributed by atoms with Crippen molar-refractivity contribution in [2.24, 2.45) is 0 Å². The summed E-state index contributed by atoms with van der Waals surface area (Å²) >= 11 is 0. The van der Waals surface area contributed by atoms with Gasteiger partial charge in [0.05, 0.1) is 0 Å². The normalized spacial score (nSPS) is 11.0. The standard InChI is InChI=1S/C15H11P/c1-2-6-13-11-14(9-8-12(13)5-1)15-7-3-4-10-16-15/h1-11H. The first-order valence-corrected chi connectivity index (χ1v) is 6.30. The maximum Gasteiger partial charge on any atom is 0.00904 e. The van der Waals surface area contributed by atoms with Crippen molar-refractivity contribution >= 4 is 19.0 Å². The Morgan fingerprint density at radius 3 is 2.31 bits per heavy atom. The van der Waals surface area contributed by atoms with Crippen LogP contribution in [0.1, 0.15) is 0 Å². The van der Waals surface area contributed by atoms with Gasteiger partial charge in [0, 0.05) is 5.30 Å². The number of benzene rings is 2. The fraction of sp³-hybridized carbons (Fsp3) is 0. The molecule has 0 spiro atoms. The van der Waals surface area contributed by atoms with Crippen LogP contribution in [0.5, 0.6) is 0 Å². The quantitative estimate of drug-likeness (QED) is 0.538. The van der Waals surface area contributed by atoms with Crippen LogP contribution in [-0.4, -0.2) is 0 Å². The lowest BCUT2D eigenvalue weighted by molar-refractivity contribution is 1.72. The summed E-state index contributed by atoms with van der Waals surface area (Å²) in [7, 11) is 1.28. The second-order valence-corrected chi connectivity index (χ2v) is 4.82. The number of hydrogen-bond donors (Lipinski definition) is 0. The highest BCUT2D eigenvalue weighted by molar-refractivity contribution is 7.33. The Labute approximate surface area is 96.7 Å². The Morgan fingerprint density at radius 1 is 0.688 bits per heavy atom. The lowest BCUT2D eigenvalue weighted by atomic mass is 10.1. The van der Waals surface area contributed by atoms with Crippen molar-refractivity contribution in [3.63, 3.8) is 0 Å². The van der Waals surface area contributed by atoms with Crippen LogP contribution < -0.4 is 0 Å². The zero-order valence-corrected chi connectivity index (χ0v) is 9.69. The van der Waals surface area contributed by atoms with Crippen LogP contribution in [0.25, 0.3) is 21.6 Å². The van der Waals surface area contributed by atoms with Gasteiger partial charge in [0.1, 0.15) is 0 Å². The molecule has 0 amide bonds. The molecule has 1 heteroatoms. The number of hydrogen-bond acceptors (Lipinski definition) is 0. The summed E-state index contributed by atoms with van der Waals surface area (Å²) in [5, 5.41) is 3.98. The fourth-order valence-electron chi connectivity index (χ4n) is 1.88. The van der Waals surface area contributed by atoms with Crippen molar-refractivity contribution in [2.75, 3.05) is 0 Å². The lowest BCUT2D eigenvalue weighted by Crippen LogP contribution is -1.75. The minimum atomic E-state index is 1.28. The van der Waals surface area contributed by atoms with E-state index in [0.717, 1.165) is 0 Å². The van der Waals surface area contributed by atoms with Gasteiger partial charge in [-0.1, -0.05) is 56.7 Å². The molecule has 0 atom stereocenters. The van der Waals surface area contributed by atoms with Crippen molar-refractivity contribution < 1.29 is 0 Å². The molecular weight excluding hydrogens is 211 g/mol. The molecule has 0 fully saturated rings. The van der Waals surface area contributed by atoms with E-state index in [1.54, 1.807) is 0 Å². The van der Waals surface area contributed by atoms with Crippen LogP contribution in [0, 0.1) is 0 Å². The molecule has 0 unspecified atom stereocenters. The first-order chi connectivity index (χ1) is 7.93. The van der Waals surface area contributed by atoms with Gasteiger partial charge in [0.25, 0.3) is 0 Å². The zero-order chi connectivity index (χ0) is 10.8. The first kappa shape index (κ1) is 9.57. The van der Waals surface area contributed by atoms with Gasteiger partial charge in [-0.25, -0.2) is 0 Å². The SMILES string of the molecule is c1ccc(-c2ccc3ccccc3c2)pc1. The molecular formula is C15H11P. The molecule has 0 aliphatic heterocycles. The number of rotatable bonds is 1. The van der Waals surface area contributed by atoms with Gasteiger partial charge < -0.3 is 0 Å². The summed E-state index contributed by atoms with van der Waals surface area (Å²) in [5.41, 5.74) is 1.32.